The highest BCUT2D eigenvalue weighted by Gasteiger charge is 2.41. The van der Waals surface area contributed by atoms with Crippen LogP contribution >= 0.6 is 0 Å². The third kappa shape index (κ3) is 2.67. The fraction of sp³-hybridized carbons (Fsp3) is 0.136. The van der Waals surface area contributed by atoms with Crippen molar-refractivity contribution in [2.24, 2.45) is 0 Å². The maximum Gasteiger partial charge on any atom is 0.273 e. The van der Waals surface area contributed by atoms with E-state index in [1.165, 1.54) is 17.6 Å². The molecular formula is C22H16N4O5. The lowest BCUT2D eigenvalue weighted by Gasteiger charge is -2.26. The monoisotopic (exact) mass is 416 g/mol. The summed E-state index contributed by atoms with van der Waals surface area (Å²) < 4.78 is 7.51. The molecule has 2 aromatic carbocycles. The number of carbonyl (C=O) groups excluding carboxylic acids is 1. The number of ether oxygens (including phenoxy) is 1. The lowest BCUT2D eigenvalue weighted by molar-refractivity contribution is -0.385. The van der Waals surface area contributed by atoms with Crippen LogP contribution in [0.3, 0.4) is 0 Å². The van der Waals surface area contributed by atoms with E-state index in [0.29, 0.717) is 28.2 Å². The number of rotatable bonds is 2. The van der Waals surface area contributed by atoms with Gasteiger partial charge in [-0.15, -0.1) is 0 Å². The minimum absolute atomic E-state index is 0.0726. The Morgan fingerprint density at radius 3 is 2.65 bits per heavy atom. The zero-order valence-electron chi connectivity index (χ0n) is 16.6. The van der Waals surface area contributed by atoms with Crippen LogP contribution in [-0.2, 0) is 0 Å². The van der Waals surface area contributed by atoms with Crippen molar-refractivity contribution in [1.82, 2.24) is 14.5 Å². The van der Waals surface area contributed by atoms with Crippen LogP contribution in [-0.4, -0.2) is 25.4 Å². The predicted molar refractivity (Wildman–Crippen MR) is 112 cm³/mol. The number of fused-ring (bicyclic) bond motifs is 4. The van der Waals surface area contributed by atoms with E-state index in [1.54, 1.807) is 43.3 Å². The maximum absolute atomic E-state index is 13.0. The zero-order valence-corrected chi connectivity index (χ0v) is 16.6. The summed E-state index contributed by atoms with van der Waals surface area (Å²) in [6.07, 6.45) is 0. The molecule has 0 fully saturated rings. The van der Waals surface area contributed by atoms with Crippen molar-refractivity contribution in [1.29, 1.82) is 0 Å². The van der Waals surface area contributed by atoms with Gasteiger partial charge < -0.3 is 9.72 Å². The Labute approximate surface area is 175 Å². The number of hydrogen-bond donors (Lipinski definition) is 1. The number of nitrogens with one attached hydrogen (secondary N) is 1. The maximum atomic E-state index is 13.0. The third-order valence-corrected chi connectivity index (χ3v) is 5.42. The highest BCUT2D eigenvalue weighted by atomic mass is 16.6. The van der Waals surface area contributed by atoms with Crippen LogP contribution in [0.4, 0.5) is 5.69 Å². The summed E-state index contributed by atoms with van der Waals surface area (Å²) in [5.41, 5.74) is 0.719. The van der Waals surface area contributed by atoms with Gasteiger partial charge in [0.15, 0.2) is 5.75 Å². The molecular weight excluding hydrogens is 400 g/mol. The van der Waals surface area contributed by atoms with Crippen molar-refractivity contribution in [3.05, 3.63) is 91.6 Å². The normalized spacial score (nSPS) is 14.6. The van der Waals surface area contributed by atoms with E-state index in [1.807, 2.05) is 6.07 Å². The van der Waals surface area contributed by atoms with Crippen molar-refractivity contribution in [2.75, 3.05) is 0 Å². The highest BCUT2D eigenvalue weighted by Crippen LogP contribution is 2.51. The standard InChI is InChI=1S/C22H16N4O5/c1-11-23-21(28)18-17(13-7-3-6-10-16(13)26(29)30)19-20(31-22(18)24-11)14-8-4-5-9-15(14)25(19)12(2)27/h3-10,17H,1-2H3,(H,23,24,28). The molecule has 0 spiro atoms. The summed E-state index contributed by atoms with van der Waals surface area (Å²) in [5.74, 6) is -0.441. The number of para-hydroxylation sites is 2. The molecule has 9 nitrogen and oxygen atoms in total. The molecule has 5 rings (SSSR count). The molecule has 1 unspecified atom stereocenters. The molecule has 0 saturated carbocycles. The molecule has 3 heterocycles. The molecule has 0 saturated heterocycles. The molecule has 2 aromatic heterocycles. The zero-order chi connectivity index (χ0) is 21.9. The molecule has 9 heteroatoms. The van der Waals surface area contributed by atoms with Gasteiger partial charge in [-0.25, -0.2) is 0 Å². The van der Waals surface area contributed by atoms with Crippen LogP contribution in [0, 0.1) is 17.0 Å². The molecule has 0 aliphatic carbocycles. The second-order valence-electron chi connectivity index (χ2n) is 7.31. The Morgan fingerprint density at radius 1 is 1.19 bits per heavy atom. The summed E-state index contributed by atoms with van der Waals surface area (Å²) in [7, 11) is 0. The number of hydrogen-bond acceptors (Lipinski definition) is 6. The summed E-state index contributed by atoms with van der Waals surface area (Å²) in [5, 5.41) is 12.5. The number of H-pyrrole nitrogens is 1. The van der Waals surface area contributed by atoms with Crippen LogP contribution in [0.5, 0.6) is 11.6 Å². The number of benzene rings is 2. The van der Waals surface area contributed by atoms with Crippen LogP contribution < -0.4 is 10.3 Å². The van der Waals surface area contributed by atoms with Crippen LogP contribution in [0.1, 0.15) is 40.3 Å². The second kappa shape index (κ2) is 6.63. The van der Waals surface area contributed by atoms with Gasteiger partial charge in [0.2, 0.25) is 11.8 Å². The molecule has 4 aromatic rings. The van der Waals surface area contributed by atoms with Crippen molar-refractivity contribution in [3.63, 3.8) is 0 Å². The molecule has 0 amide bonds. The lowest BCUT2D eigenvalue weighted by Crippen LogP contribution is -2.27. The molecule has 0 bridgehead atoms. The van der Waals surface area contributed by atoms with Gasteiger partial charge in [0.1, 0.15) is 5.82 Å². The van der Waals surface area contributed by atoms with E-state index in [-0.39, 0.29) is 28.6 Å². The lowest BCUT2D eigenvalue weighted by atomic mass is 9.86. The Kier molecular flexibility index (Phi) is 4.01. The highest BCUT2D eigenvalue weighted by molar-refractivity contribution is 5.98. The van der Waals surface area contributed by atoms with Crippen molar-refractivity contribution in [3.8, 4) is 11.6 Å². The number of aromatic nitrogens is 3. The Bertz CT molecular complexity index is 1470. The number of nitro benzene ring substituents is 1. The largest absolute Gasteiger partial charge is 0.436 e. The first-order chi connectivity index (χ1) is 14.9. The van der Waals surface area contributed by atoms with E-state index < -0.39 is 16.4 Å². The average Bonchev–Trinajstić information content (AvgIpc) is 3.06. The van der Waals surface area contributed by atoms with Crippen molar-refractivity contribution in [2.45, 2.75) is 19.8 Å². The van der Waals surface area contributed by atoms with E-state index in [2.05, 4.69) is 9.97 Å². The Hall–Kier alpha value is -4.27. The summed E-state index contributed by atoms with van der Waals surface area (Å²) in [6, 6.07) is 13.3. The van der Waals surface area contributed by atoms with Crippen LogP contribution in [0.15, 0.2) is 53.3 Å². The van der Waals surface area contributed by atoms with E-state index in [9.17, 15) is 19.7 Å². The van der Waals surface area contributed by atoms with Crippen molar-refractivity contribution >= 4 is 22.5 Å². The number of nitro groups is 1. The molecule has 1 N–H and O–H groups in total. The predicted octanol–water partition coefficient (Wildman–Crippen LogP) is 3.89. The first-order valence-electron chi connectivity index (χ1n) is 9.54. The minimum Gasteiger partial charge on any atom is -0.436 e. The van der Waals surface area contributed by atoms with E-state index >= 15 is 0 Å². The SMILES string of the molecule is CC(=O)n1c2c(c3ccccc31)Oc1nc(C)[nH]c(=O)c1C2c1ccccc1[N+](=O)[O-]. The van der Waals surface area contributed by atoms with Gasteiger partial charge in [-0.2, -0.15) is 4.98 Å². The van der Waals surface area contributed by atoms with E-state index in [4.69, 9.17) is 4.74 Å². The van der Waals surface area contributed by atoms with Crippen LogP contribution in [0.2, 0.25) is 0 Å². The number of carbonyl (C=O) groups is 1. The fourth-order valence-corrected chi connectivity index (χ4v) is 4.27. The quantitative estimate of drug-likeness (QED) is 0.344. The van der Waals surface area contributed by atoms with Gasteiger partial charge in [-0.05, 0) is 19.1 Å². The number of aryl methyl sites for hydroxylation is 1. The Morgan fingerprint density at radius 2 is 1.90 bits per heavy atom. The summed E-state index contributed by atoms with van der Waals surface area (Å²) in [4.78, 5) is 44.0. The average molecular weight is 416 g/mol. The first kappa shape index (κ1) is 18.7. The van der Waals surface area contributed by atoms with Gasteiger partial charge in [0.05, 0.1) is 27.6 Å². The molecule has 31 heavy (non-hydrogen) atoms. The van der Waals surface area contributed by atoms with E-state index in [0.717, 1.165) is 0 Å². The summed E-state index contributed by atoms with van der Waals surface area (Å²) in [6.45, 7) is 3.02. The molecule has 154 valence electrons. The van der Waals surface area contributed by atoms with Gasteiger partial charge in [-0.1, -0.05) is 30.3 Å². The smallest absolute Gasteiger partial charge is 0.273 e. The topological polar surface area (TPSA) is 120 Å². The summed E-state index contributed by atoms with van der Waals surface area (Å²) >= 11 is 0. The van der Waals surface area contributed by atoms with Crippen molar-refractivity contribution < 1.29 is 14.5 Å². The van der Waals surface area contributed by atoms with Gasteiger partial charge in [0, 0.05) is 23.9 Å². The minimum atomic E-state index is -0.923. The molecule has 1 aliphatic heterocycles. The van der Waals surface area contributed by atoms with Gasteiger partial charge >= 0.3 is 0 Å². The van der Waals surface area contributed by atoms with Crippen LogP contribution in [0.25, 0.3) is 10.9 Å². The van der Waals surface area contributed by atoms with Gasteiger partial charge in [0.25, 0.3) is 11.2 Å². The number of aromatic amines is 1. The molecule has 0 radical (unpaired) electrons. The second-order valence-corrected chi connectivity index (χ2v) is 7.31. The Balaban J connectivity index is 1.97. The first-order valence-corrected chi connectivity index (χ1v) is 9.54. The van der Waals surface area contributed by atoms with Gasteiger partial charge in [-0.3, -0.25) is 24.3 Å². The molecule has 1 atom stereocenters. The molecule has 1 aliphatic rings. The third-order valence-electron chi connectivity index (χ3n) is 5.42. The fourth-order valence-electron chi connectivity index (χ4n) is 4.27. The number of nitrogens with zero attached hydrogens (tertiary/aromatic N) is 3.